The molecule has 1 unspecified atom stereocenters. The molecule has 0 aromatic heterocycles. The first-order valence-corrected chi connectivity index (χ1v) is 8.38. The zero-order valence-electron chi connectivity index (χ0n) is 12.9. The minimum absolute atomic E-state index is 0.212. The largest absolute Gasteiger partial charge is 0.243 e. The number of hydrogen-bond donors (Lipinski definition) is 0. The maximum absolute atomic E-state index is 12.8. The van der Waals surface area contributed by atoms with Crippen LogP contribution >= 0.6 is 0 Å². The molecule has 112 valence electrons. The molecule has 1 atom stereocenters. The van der Waals surface area contributed by atoms with E-state index in [1.807, 2.05) is 63.2 Å². The third kappa shape index (κ3) is 3.17. The number of benzene rings is 2. The van der Waals surface area contributed by atoms with Crippen LogP contribution in [0.15, 0.2) is 53.4 Å². The second-order valence-electron chi connectivity index (χ2n) is 5.38. The van der Waals surface area contributed by atoms with Crippen molar-refractivity contribution in [2.45, 2.75) is 31.7 Å². The minimum atomic E-state index is -3.51. The lowest BCUT2D eigenvalue weighted by atomic mass is 10.1. The van der Waals surface area contributed by atoms with E-state index in [4.69, 9.17) is 0 Å². The lowest BCUT2D eigenvalue weighted by molar-refractivity contribution is 0.398. The van der Waals surface area contributed by atoms with E-state index in [-0.39, 0.29) is 6.04 Å². The standard InChI is InChI=1S/C17H21NO2S/c1-13-10-11-14(2)17(12-13)21(19,20)18(4)15(3)16-8-6-5-7-9-16/h5-12,15H,1-4H3. The van der Waals surface area contributed by atoms with Crippen LogP contribution in [0.4, 0.5) is 0 Å². The monoisotopic (exact) mass is 303 g/mol. The van der Waals surface area contributed by atoms with Gasteiger partial charge < -0.3 is 0 Å². The van der Waals surface area contributed by atoms with Crippen molar-refractivity contribution in [1.29, 1.82) is 0 Å². The first kappa shape index (κ1) is 15.7. The van der Waals surface area contributed by atoms with Crippen LogP contribution in [0, 0.1) is 13.8 Å². The molecule has 4 heteroatoms. The van der Waals surface area contributed by atoms with E-state index < -0.39 is 10.0 Å². The molecule has 0 aliphatic rings. The van der Waals surface area contributed by atoms with E-state index in [9.17, 15) is 8.42 Å². The summed E-state index contributed by atoms with van der Waals surface area (Å²) in [5.74, 6) is 0. The highest BCUT2D eigenvalue weighted by Crippen LogP contribution is 2.27. The van der Waals surface area contributed by atoms with Crippen LogP contribution in [0.1, 0.15) is 29.7 Å². The van der Waals surface area contributed by atoms with Gasteiger partial charge in [0.1, 0.15) is 0 Å². The van der Waals surface area contributed by atoms with Crippen LogP contribution in [0.3, 0.4) is 0 Å². The molecule has 0 aliphatic heterocycles. The number of aryl methyl sites for hydroxylation is 2. The Kier molecular flexibility index (Phi) is 4.49. The highest BCUT2D eigenvalue weighted by atomic mass is 32.2. The van der Waals surface area contributed by atoms with Crippen molar-refractivity contribution >= 4 is 10.0 Å². The van der Waals surface area contributed by atoms with E-state index in [0.29, 0.717) is 4.90 Å². The van der Waals surface area contributed by atoms with Gasteiger partial charge in [0.2, 0.25) is 10.0 Å². The fraction of sp³-hybridized carbons (Fsp3) is 0.294. The van der Waals surface area contributed by atoms with E-state index in [1.165, 1.54) is 4.31 Å². The highest BCUT2D eigenvalue weighted by Gasteiger charge is 2.27. The molecule has 0 N–H and O–H groups in total. The smallest absolute Gasteiger partial charge is 0.207 e. The predicted molar refractivity (Wildman–Crippen MR) is 85.7 cm³/mol. The molecule has 0 saturated carbocycles. The third-order valence-corrected chi connectivity index (χ3v) is 5.90. The van der Waals surface area contributed by atoms with Crippen molar-refractivity contribution in [3.05, 3.63) is 65.2 Å². The van der Waals surface area contributed by atoms with Gasteiger partial charge in [-0.05, 0) is 43.5 Å². The van der Waals surface area contributed by atoms with Crippen LogP contribution in [-0.4, -0.2) is 19.8 Å². The molecule has 21 heavy (non-hydrogen) atoms. The van der Waals surface area contributed by atoms with Crippen LogP contribution in [0.2, 0.25) is 0 Å². The molecule has 0 bridgehead atoms. The molecule has 2 aromatic carbocycles. The molecule has 2 aromatic rings. The molecule has 0 radical (unpaired) electrons. The zero-order chi connectivity index (χ0) is 15.6. The van der Waals surface area contributed by atoms with E-state index in [0.717, 1.165) is 16.7 Å². The Morgan fingerprint density at radius 1 is 1.00 bits per heavy atom. The Labute approximate surface area is 127 Å². The summed E-state index contributed by atoms with van der Waals surface area (Å²) in [7, 11) is -1.87. The van der Waals surface area contributed by atoms with Crippen molar-refractivity contribution in [1.82, 2.24) is 4.31 Å². The predicted octanol–water partition coefficient (Wildman–Crippen LogP) is 3.69. The second kappa shape index (κ2) is 6.00. The van der Waals surface area contributed by atoms with E-state index >= 15 is 0 Å². The van der Waals surface area contributed by atoms with Gasteiger partial charge in [0.15, 0.2) is 0 Å². The fourth-order valence-electron chi connectivity index (χ4n) is 2.29. The Hall–Kier alpha value is -1.65. The summed E-state index contributed by atoms with van der Waals surface area (Å²) in [4.78, 5) is 0.382. The van der Waals surface area contributed by atoms with Gasteiger partial charge in [-0.2, -0.15) is 4.31 Å². The summed E-state index contributed by atoms with van der Waals surface area (Å²) in [5.41, 5.74) is 2.70. The van der Waals surface area contributed by atoms with Crippen LogP contribution in [0.25, 0.3) is 0 Å². The molecule has 0 fully saturated rings. The third-order valence-electron chi connectivity index (χ3n) is 3.83. The summed E-state index contributed by atoms with van der Waals surface area (Å²) >= 11 is 0. The molecule has 0 aliphatic carbocycles. The normalized spacial score (nSPS) is 13.4. The average Bonchev–Trinajstić information content (AvgIpc) is 2.49. The SMILES string of the molecule is Cc1ccc(C)c(S(=O)(=O)N(C)C(C)c2ccccc2)c1. The maximum atomic E-state index is 12.8. The van der Waals surface area contributed by atoms with Gasteiger partial charge in [-0.25, -0.2) is 8.42 Å². The van der Waals surface area contributed by atoms with Crippen LogP contribution in [-0.2, 0) is 10.0 Å². The topological polar surface area (TPSA) is 37.4 Å². The van der Waals surface area contributed by atoms with Gasteiger partial charge in [0.25, 0.3) is 0 Å². The molecule has 0 heterocycles. The summed E-state index contributed by atoms with van der Waals surface area (Å²) in [6.07, 6.45) is 0. The van der Waals surface area contributed by atoms with Crippen molar-refractivity contribution in [2.24, 2.45) is 0 Å². The lowest BCUT2D eigenvalue weighted by Crippen LogP contribution is -2.30. The van der Waals surface area contributed by atoms with Crippen LogP contribution < -0.4 is 0 Å². The van der Waals surface area contributed by atoms with Gasteiger partial charge in [-0.15, -0.1) is 0 Å². The summed E-state index contributed by atoms with van der Waals surface area (Å²) in [6.45, 7) is 5.63. The quantitative estimate of drug-likeness (QED) is 0.864. The Balaban J connectivity index is 2.41. The first-order valence-electron chi connectivity index (χ1n) is 6.94. The van der Waals surface area contributed by atoms with Gasteiger partial charge in [0.05, 0.1) is 4.90 Å². The first-order chi connectivity index (χ1) is 9.84. The summed E-state index contributed by atoms with van der Waals surface area (Å²) in [5, 5.41) is 0. The molecule has 0 spiro atoms. The van der Waals surface area contributed by atoms with Gasteiger partial charge >= 0.3 is 0 Å². The maximum Gasteiger partial charge on any atom is 0.243 e. The molecular weight excluding hydrogens is 282 g/mol. The van der Waals surface area contributed by atoms with E-state index in [2.05, 4.69) is 0 Å². The number of rotatable bonds is 4. The average molecular weight is 303 g/mol. The fourth-order valence-corrected chi connectivity index (χ4v) is 3.95. The summed E-state index contributed by atoms with van der Waals surface area (Å²) in [6, 6.07) is 15.0. The number of hydrogen-bond acceptors (Lipinski definition) is 2. The highest BCUT2D eigenvalue weighted by molar-refractivity contribution is 7.89. The van der Waals surface area contributed by atoms with E-state index in [1.54, 1.807) is 13.1 Å². The lowest BCUT2D eigenvalue weighted by Gasteiger charge is -2.25. The van der Waals surface area contributed by atoms with Crippen molar-refractivity contribution in [3.63, 3.8) is 0 Å². The van der Waals surface area contributed by atoms with Crippen molar-refractivity contribution < 1.29 is 8.42 Å². The minimum Gasteiger partial charge on any atom is -0.207 e. The molecule has 3 nitrogen and oxygen atoms in total. The molecule has 0 amide bonds. The number of sulfonamides is 1. The zero-order valence-corrected chi connectivity index (χ0v) is 13.7. The molecule has 0 saturated heterocycles. The van der Waals surface area contributed by atoms with Gasteiger partial charge in [-0.1, -0.05) is 42.5 Å². The Morgan fingerprint density at radius 2 is 1.62 bits per heavy atom. The summed E-state index contributed by atoms with van der Waals surface area (Å²) < 4.78 is 27.1. The van der Waals surface area contributed by atoms with Crippen molar-refractivity contribution in [2.75, 3.05) is 7.05 Å². The molecule has 2 rings (SSSR count). The van der Waals surface area contributed by atoms with Crippen LogP contribution in [0.5, 0.6) is 0 Å². The van der Waals surface area contributed by atoms with Gasteiger partial charge in [0, 0.05) is 13.1 Å². The second-order valence-corrected chi connectivity index (χ2v) is 7.34. The number of nitrogens with zero attached hydrogens (tertiary/aromatic N) is 1. The van der Waals surface area contributed by atoms with Gasteiger partial charge in [-0.3, -0.25) is 0 Å². The Morgan fingerprint density at radius 3 is 2.24 bits per heavy atom. The van der Waals surface area contributed by atoms with Crippen molar-refractivity contribution in [3.8, 4) is 0 Å². The molecular formula is C17H21NO2S. The Bertz CT molecular complexity index is 724.